The van der Waals surface area contributed by atoms with Crippen LogP contribution >= 0.6 is 0 Å². The number of fused-ring (bicyclic) bond motifs is 6. The normalized spacial score (nSPS) is 22.1. The Kier molecular flexibility index (Phi) is 14.2. The standard InChI is InChI=1S/C51H66N8O7/c1-10-42(60)57-24-21-51(52,29-57)49(64)56(8)44(31(3)4)46(61)54-40-26-33-15-12-16-34(25-33)35-19-20-41-37(27-35)38(45(58(41)11-2)36-17-13-22-53-43(36)32(5)65-9)28-50(6,7)30-66-48(63)39-18-14-23-59(55-39)47(40)62/h10,12-13,15-17,19-20,22,25,27,31-32,39-40,44,55H,1,11,14,18,21,23-24,26,28-30,52H2,2-9H3,(H,54,61)/t32-,39-,40-,44-,51+/m0/s1. The number of likely N-dealkylation sites (N-methyl/N-ethyl adjacent to an activating group) is 1. The fraction of sp³-hybridized carbons (Fsp3) is 0.490. The number of cyclic esters (lactones) is 1. The van der Waals surface area contributed by atoms with Gasteiger partial charge in [0.05, 0.1) is 24.1 Å². The molecule has 3 aliphatic heterocycles. The Morgan fingerprint density at radius 2 is 1.85 bits per heavy atom. The van der Waals surface area contributed by atoms with Crippen molar-refractivity contribution in [2.75, 3.05) is 40.4 Å². The minimum Gasteiger partial charge on any atom is -0.464 e. The number of nitrogens with one attached hydrogen (secondary N) is 2. The number of esters is 1. The first-order chi connectivity index (χ1) is 31.4. The van der Waals surface area contributed by atoms with Gasteiger partial charge in [0.15, 0.2) is 0 Å². The van der Waals surface area contributed by atoms with Gasteiger partial charge in [0.25, 0.3) is 5.91 Å². The van der Waals surface area contributed by atoms with E-state index in [1.165, 1.54) is 27.9 Å². The third kappa shape index (κ3) is 9.65. The number of likely N-dealkylation sites (tertiary alicyclic amines) is 1. The minimum absolute atomic E-state index is 0.00835. The number of nitrogens with two attached hydrogens (primary N) is 1. The minimum atomic E-state index is -1.40. The lowest BCUT2D eigenvalue weighted by Gasteiger charge is -2.38. The first kappa shape index (κ1) is 48.0. The van der Waals surface area contributed by atoms with Gasteiger partial charge >= 0.3 is 5.97 Å². The number of carbonyl (C=O) groups excluding carboxylic acids is 5. The number of methoxy groups -OCH3 is 1. The Bertz CT molecular complexity index is 2520. The zero-order valence-corrected chi connectivity index (χ0v) is 39.7. The molecule has 0 radical (unpaired) electrons. The van der Waals surface area contributed by atoms with Crippen LogP contribution in [-0.4, -0.2) is 118 Å². The van der Waals surface area contributed by atoms with Crippen LogP contribution in [0.25, 0.3) is 33.3 Å². The van der Waals surface area contributed by atoms with Gasteiger partial charge in [0, 0.05) is 74.8 Å². The number of amides is 4. The van der Waals surface area contributed by atoms with Crippen molar-refractivity contribution in [3.8, 4) is 22.4 Å². The van der Waals surface area contributed by atoms with Crippen molar-refractivity contribution in [3.63, 3.8) is 0 Å². The molecule has 2 aromatic heterocycles. The van der Waals surface area contributed by atoms with Crippen molar-refractivity contribution in [2.45, 2.75) is 110 Å². The van der Waals surface area contributed by atoms with E-state index in [1.807, 2.05) is 51.1 Å². The molecule has 5 atom stereocenters. The van der Waals surface area contributed by atoms with E-state index in [9.17, 15) is 24.0 Å². The van der Waals surface area contributed by atoms with Crippen LogP contribution in [0.4, 0.5) is 0 Å². The number of pyridine rings is 1. The summed E-state index contributed by atoms with van der Waals surface area (Å²) in [6.45, 7) is 16.9. The Labute approximate surface area is 388 Å². The zero-order chi connectivity index (χ0) is 47.7. The van der Waals surface area contributed by atoms with Gasteiger partial charge < -0.3 is 34.9 Å². The first-order valence-electron chi connectivity index (χ1n) is 23.1. The summed E-state index contributed by atoms with van der Waals surface area (Å²) in [4.78, 5) is 77.3. The molecule has 2 saturated heterocycles. The highest BCUT2D eigenvalue weighted by molar-refractivity contribution is 5.97. The molecule has 4 N–H and O–H groups in total. The summed E-state index contributed by atoms with van der Waals surface area (Å²) in [6, 6.07) is 15.6. The average Bonchev–Trinajstić information content (AvgIpc) is 3.86. The number of hydrogen-bond acceptors (Lipinski definition) is 10. The lowest BCUT2D eigenvalue weighted by Crippen LogP contribution is -2.64. The molecule has 4 aromatic rings. The number of nitrogens with zero attached hydrogens (tertiary/aromatic N) is 5. The number of hydrazine groups is 1. The van der Waals surface area contributed by atoms with Crippen molar-refractivity contribution < 1.29 is 33.4 Å². The number of hydrogen-bond donors (Lipinski definition) is 3. The number of carbonyl (C=O) groups is 5. The molecule has 2 fully saturated rings. The summed E-state index contributed by atoms with van der Waals surface area (Å²) in [7, 11) is 3.22. The van der Waals surface area contributed by atoms with E-state index in [-0.39, 0.29) is 50.5 Å². The Morgan fingerprint density at radius 1 is 1.09 bits per heavy atom. The highest BCUT2D eigenvalue weighted by Gasteiger charge is 2.47. The molecule has 5 heterocycles. The second kappa shape index (κ2) is 19.5. The summed E-state index contributed by atoms with van der Waals surface area (Å²) < 4.78 is 14.3. The number of benzene rings is 2. The van der Waals surface area contributed by atoms with Crippen LogP contribution in [0.3, 0.4) is 0 Å². The van der Waals surface area contributed by atoms with Gasteiger partial charge in [-0.3, -0.25) is 34.0 Å². The fourth-order valence-corrected chi connectivity index (χ4v) is 9.97. The molecule has 0 saturated carbocycles. The molecule has 0 spiro atoms. The largest absolute Gasteiger partial charge is 0.464 e. The molecule has 15 nitrogen and oxygen atoms in total. The molecule has 4 amide bonds. The number of rotatable bonds is 10. The van der Waals surface area contributed by atoms with Crippen molar-refractivity contribution >= 4 is 40.5 Å². The molecule has 3 aliphatic rings. The van der Waals surface area contributed by atoms with E-state index in [4.69, 9.17) is 20.2 Å². The molecule has 15 heteroatoms. The van der Waals surface area contributed by atoms with Gasteiger partial charge in [-0.2, -0.15) is 0 Å². The lowest BCUT2D eigenvalue weighted by molar-refractivity contribution is -0.155. The summed E-state index contributed by atoms with van der Waals surface area (Å²) in [5.74, 6) is -2.59. The third-order valence-corrected chi connectivity index (χ3v) is 13.5. The smallest absolute Gasteiger partial charge is 0.324 e. The highest BCUT2D eigenvalue weighted by atomic mass is 16.5. The van der Waals surface area contributed by atoms with Crippen LogP contribution in [0.2, 0.25) is 0 Å². The quantitative estimate of drug-likeness (QED) is 0.139. The number of aryl methyl sites for hydroxylation is 1. The number of ether oxygens (including phenoxy) is 2. The van der Waals surface area contributed by atoms with Crippen molar-refractivity contribution in [2.24, 2.45) is 17.1 Å². The SMILES string of the molecule is C=CC(=O)N1CC[C@](N)(C(=O)N(C)[C@H](C(=O)N[C@H]2Cc3cccc(c3)-c3ccc4c(c3)c(c(-c3cccnc3[C@H](C)OC)n4CC)CC(C)(C)COC(=O)[C@@H]3CCCN(N3)C2=O)C(C)C)C1. The van der Waals surface area contributed by atoms with Crippen LogP contribution in [-0.2, 0) is 52.8 Å². The van der Waals surface area contributed by atoms with E-state index in [1.54, 1.807) is 13.3 Å². The third-order valence-electron chi connectivity index (χ3n) is 13.5. The van der Waals surface area contributed by atoms with Crippen molar-refractivity contribution in [3.05, 3.63) is 90.3 Å². The van der Waals surface area contributed by atoms with Crippen LogP contribution in [0.5, 0.6) is 0 Å². The molecular formula is C51H66N8O7. The molecule has 7 rings (SSSR count). The lowest BCUT2D eigenvalue weighted by atomic mass is 9.84. The monoisotopic (exact) mass is 903 g/mol. The first-order valence-corrected chi connectivity index (χ1v) is 23.1. The van der Waals surface area contributed by atoms with Crippen LogP contribution in [0, 0.1) is 11.3 Å². The Hall–Kier alpha value is -5.90. The van der Waals surface area contributed by atoms with Gasteiger partial charge in [-0.25, -0.2) is 5.43 Å². The fourth-order valence-electron chi connectivity index (χ4n) is 9.97. The number of aromatic nitrogens is 2. The van der Waals surface area contributed by atoms with Gasteiger partial charge in [-0.05, 0) is 98.0 Å². The average molecular weight is 903 g/mol. The molecular weight excluding hydrogens is 837 g/mol. The van der Waals surface area contributed by atoms with Crippen molar-refractivity contribution in [1.29, 1.82) is 0 Å². The maximum atomic E-state index is 14.7. The van der Waals surface area contributed by atoms with E-state index in [2.05, 4.69) is 66.9 Å². The van der Waals surface area contributed by atoms with Gasteiger partial charge in [-0.1, -0.05) is 64.6 Å². The van der Waals surface area contributed by atoms with Crippen LogP contribution in [0.15, 0.2) is 73.4 Å². The molecule has 352 valence electrons. The van der Waals surface area contributed by atoms with Crippen LogP contribution in [0.1, 0.15) is 83.7 Å². The van der Waals surface area contributed by atoms with Gasteiger partial charge in [0.2, 0.25) is 17.7 Å². The van der Waals surface area contributed by atoms with E-state index >= 15 is 0 Å². The molecule has 0 unspecified atom stereocenters. The summed E-state index contributed by atoms with van der Waals surface area (Å²) in [5, 5.41) is 5.52. The summed E-state index contributed by atoms with van der Waals surface area (Å²) >= 11 is 0. The summed E-state index contributed by atoms with van der Waals surface area (Å²) in [5.41, 5.74) is 15.6. The predicted octanol–water partition coefficient (Wildman–Crippen LogP) is 5.34. The maximum absolute atomic E-state index is 14.7. The summed E-state index contributed by atoms with van der Waals surface area (Å²) in [6.07, 6.45) is 4.63. The molecule has 2 aromatic carbocycles. The topological polar surface area (TPSA) is 181 Å². The second-order valence-electron chi connectivity index (χ2n) is 19.3. The Balaban J connectivity index is 1.29. The Morgan fingerprint density at radius 3 is 2.56 bits per heavy atom. The maximum Gasteiger partial charge on any atom is 0.324 e. The predicted molar refractivity (Wildman–Crippen MR) is 253 cm³/mol. The zero-order valence-electron chi connectivity index (χ0n) is 39.7. The molecule has 6 bridgehead atoms. The van der Waals surface area contributed by atoms with E-state index in [0.717, 1.165) is 50.1 Å². The molecule has 66 heavy (non-hydrogen) atoms. The van der Waals surface area contributed by atoms with Crippen LogP contribution < -0.4 is 16.5 Å². The van der Waals surface area contributed by atoms with E-state index < -0.39 is 52.8 Å². The molecule has 0 aliphatic carbocycles. The van der Waals surface area contributed by atoms with Gasteiger partial charge in [0.1, 0.15) is 23.7 Å². The highest BCUT2D eigenvalue weighted by Crippen LogP contribution is 2.42. The van der Waals surface area contributed by atoms with E-state index in [0.29, 0.717) is 32.4 Å². The van der Waals surface area contributed by atoms with Crippen molar-refractivity contribution in [1.82, 2.24) is 35.1 Å². The second-order valence-corrected chi connectivity index (χ2v) is 19.3. The van der Waals surface area contributed by atoms with Gasteiger partial charge in [-0.15, -0.1) is 0 Å².